The fourth-order valence-electron chi connectivity index (χ4n) is 10.6. The van der Waals surface area contributed by atoms with Crippen molar-refractivity contribution in [2.24, 2.45) is 6.98 Å². The SMILES string of the molecule is [2H]C([2H])([2H])c1cc(-n2c3[c-]c(Oc4[c-]c(-n5[c](=[Pt])n(C([2H])([2H])[2H])c6ccccc65)ccc4)ccc3c3cc4c(cc32)C2(c3ccccc3Sc3ccccc32)c2ccccc2-4)ncc1-c1ccc(C(C)(C)C)cc1. The Morgan fingerprint density at radius 1 is 0.618 bits per heavy atom. The number of para-hydroxylation sites is 2. The third kappa shape index (κ3) is 6.06. The summed E-state index contributed by atoms with van der Waals surface area (Å²) < 4.78 is 64.3. The minimum atomic E-state index is -2.49. The van der Waals surface area contributed by atoms with E-state index in [1.54, 1.807) is 30.1 Å². The maximum absolute atomic E-state index is 8.96. The van der Waals surface area contributed by atoms with Crippen molar-refractivity contribution in [1.29, 1.82) is 0 Å². The summed E-state index contributed by atoms with van der Waals surface area (Å²) in [6, 6.07) is 64.5. The van der Waals surface area contributed by atoms with Gasteiger partial charge in [-0.1, -0.05) is 117 Å². The predicted molar refractivity (Wildman–Crippen MR) is 272 cm³/mol. The zero-order chi connectivity index (χ0) is 51.1. The second-order valence-corrected chi connectivity index (χ2v) is 20.6. The third-order valence-electron chi connectivity index (χ3n) is 13.7. The first-order valence-corrected chi connectivity index (χ1v) is 24.5. The first-order valence-electron chi connectivity index (χ1n) is 25.5. The molecule has 1 aliphatic heterocycles. The van der Waals surface area contributed by atoms with Crippen LogP contribution in [0.15, 0.2) is 186 Å². The van der Waals surface area contributed by atoms with Gasteiger partial charge in [-0.05, 0) is 74.5 Å². The number of aryl methyl sites for hydroxylation is 2. The Hall–Kier alpha value is -6.98. The van der Waals surface area contributed by atoms with Crippen molar-refractivity contribution in [3.63, 3.8) is 0 Å². The average molecular weight is 1080 g/mol. The first kappa shape index (κ1) is 35.2. The predicted octanol–water partition coefficient (Wildman–Crippen LogP) is 15.0. The van der Waals surface area contributed by atoms with E-state index in [2.05, 4.69) is 149 Å². The zero-order valence-electron chi connectivity index (χ0n) is 43.2. The van der Waals surface area contributed by atoms with Crippen LogP contribution in [0.5, 0.6) is 11.5 Å². The number of ether oxygens (including phenoxy) is 1. The van der Waals surface area contributed by atoms with Crippen LogP contribution in [0.25, 0.3) is 66.6 Å². The molecule has 0 atom stereocenters. The van der Waals surface area contributed by atoms with E-state index in [0.29, 0.717) is 48.9 Å². The molecular weight excluding hydrogens is 1030 g/mol. The molecule has 0 N–H and O–H groups in total. The minimum Gasteiger partial charge on any atom is -0.0894 e. The summed E-state index contributed by atoms with van der Waals surface area (Å²) in [5.74, 6) is 1.21. The van der Waals surface area contributed by atoms with Crippen LogP contribution in [-0.2, 0) is 37.2 Å². The van der Waals surface area contributed by atoms with Crippen LogP contribution in [0.4, 0.5) is 0 Å². The summed E-state index contributed by atoms with van der Waals surface area (Å²) in [6.45, 7) is 1.58. The van der Waals surface area contributed by atoms with Gasteiger partial charge in [-0.15, -0.1) is 0 Å². The average Bonchev–Trinajstić information content (AvgIpc) is 3.99. The van der Waals surface area contributed by atoms with Gasteiger partial charge in [-0.25, -0.2) is 0 Å². The normalized spacial score (nSPS) is 15.2. The summed E-state index contributed by atoms with van der Waals surface area (Å²) >= 11 is 3.85. The standard InChI is InChI=1S/C61H44N4OS.Pt/c1-38-31-59(62-36-48(38)39-25-27-40(28-26-39)60(2,3)4)65-55-33-43(66-42-16-14-15-41(32-42)64-37-63(5)53-21-10-11-22-54(53)64)29-30-45(55)47-34-46-44-17-6-7-18-49(44)61(52(46)35-56(47)65)50-19-8-12-23-57(50)67-58-24-13-9-20-51(58)61;/h6-31,34-36H,1-5H3;/q-2;/i1D3,5D3;. The molecule has 8 aromatic carbocycles. The molecule has 1 aliphatic carbocycles. The van der Waals surface area contributed by atoms with E-state index in [-0.39, 0.29) is 11.0 Å². The quantitative estimate of drug-likeness (QED) is 0.161. The maximum atomic E-state index is 8.96. The van der Waals surface area contributed by atoms with Crippen LogP contribution in [0, 0.1) is 22.8 Å². The molecule has 3 aromatic heterocycles. The van der Waals surface area contributed by atoms with Gasteiger partial charge in [-0.3, -0.25) is 0 Å². The smallest absolute Gasteiger partial charge is 0.0894 e. The molecule has 4 heterocycles. The fraction of sp³-hybridized carbons (Fsp3) is 0.115. The molecule has 1 spiro atoms. The van der Waals surface area contributed by atoms with E-state index >= 15 is 0 Å². The van der Waals surface area contributed by atoms with Crippen molar-refractivity contribution < 1.29 is 32.3 Å². The molecule has 5 nitrogen and oxygen atoms in total. The van der Waals surface area contributed by atoms with Gasteiger partial charge in [-0.2, -0.15) is 0 Å². The number of hydrogen-bond acceptors (Lipinski definition) is 3. The monoisotopic (exact) mass is 1080 g/mol. The Labute approximate surface area is 419 Å². The van der Waals surface area contributed by atoms with Gasteiger partial charge in [0.2, 0.25) is 0 Å². The summed E-state index contributed by atoms with van der Waals surface area (Å²) in [4.78, 5) is 7.54. The molecule has 0 bridgehead atoms. The van der Waals surface area contributed by atoms with Crippen molar-refractivity contribution in [2.45, 2.75) is 48.2 Å². The second-order valence-electron chi connectivity index (χ2n) is 18.5. The zero-order valence-corrected chi connectivity index (χ0v) is 40.3. The molecule has 0 saturated carbocycles. The summed E-state index contributed by atoms with van der Waals surface area (Å²) in [7, 11) is 0. The number of imidazole rings is 1. The summed E-state index contributed by atoms with van der Waals surface area (Å²) in [5, 5.41) is 1.83. The van der Waals surface area contributed by atoms with Crippen molar-refractivity contribution in [3.05, 3.63) is 225 Å². The number of nitrogens with zero attached hydrogens (tertiary/aromatic N) is 4. The summed E-state index contributed by atoms with van der Waals surface area (Å²) in [6.07, 6.45) is 1.69. The second kappa shape index (κ2) is 15.3. The van der Waals surface area contributed by atoms with Gasteiger partial charge < -0.3 is 0 Å². The van der Waals surface area contributed by atoms with Gasteiger partial charge in [0, 0.05) is 25.7 Å². The molecular formula is C61H44N4OPtS-2. The molecule has 7 heteroatoms. The number of fused-ring (bicyclic) bond motifs is 13. The molecule has 0 saturated heterocycles. The van der Waals surface area contributed by atoms with Crippen molar-refractivity contribution in [2.75, 3.05) is 0 Å². The molecule has 68 heavy (non-hydrogen) atoms. The fourth-order valence-corrected chi connectivity index (χ4v) is 12.6. The van der Waals surface area contributed by atoms with Crippen LogP contribution in [0.1, 0.15) is 62.4 Å². The third-order valence-corrected chi connectivity index (χ3v) is 15.9. The molecule has 13 rings (SSSR count). The van der Waals surface area contributed by atoms with Gasteiger partial charge in [0.1, 0.15) is 0 Å². The molecule has 11 aromatic rings. The van der Waals surface area contributed by atoms with E-state index < -0.39 is 19.2 Å². The van der Waals surface area contributed by atoms with E-state index in [0.717, 1.165) is 44.1 Å². The van der Waals surface area contributed by atoms with Crippen molar-refractivity contribution in [3.8, 4) is 45.3 Å². The van der Waals surface area contributed by atoms with Crippen LogP contribution < -0.4 is 4.74 Å². The Bertz CT molecular complexity index is 4150. The Morgan fingerprint density at radius 3 is 2.07 bits per heavy atom. The minimum absolute atomic E-state index is 0.0779. The Balaban J connectivity index is 1.04. The molecule has 0 fully saturated rings. The number of aromatic nitrogens is 4. The Kier molecular flexibility index (Phi) is 7.90. The first-order chi connectivity index (χ1) is 35.5. The Morgan fingerprint density at radius 2 is 1.32 bits per heavy atom. The van der Waals surface area contributed by atoms with Crippen molar-refractivity contribution in [1.82, 2.24) is 18.7 Å². The molecule has 2 aliphatic rings. The molecule has 0 unspecified atom stereocenters. The molecule has 0 amide bonds. The van der Waals surface area contributed by atoms with Crippen molar-refractivity contribution >= 4 is 44.6 Å². The number of rotatable bonds is 5. The van der Waals surface area contributed by atoms with Gasteiger partial charge in [0.25, 0.3) is 0 Å². The van der Waals surface area contributed by atoms with Gasteiger partial charge >= 0.3 is 198 Å². The topological polar surface area (TPSA) is 36.9 Å². The number of benzene rings is 8. The molecule has 332 valence electrons. The van der Waals surface area contributed by atoms with Crippen LogP contribution in [0.2, 0.25) is 0 Å². The van der Waals surface area contributed by atoms with Gasteiger partial charge in [0.15, 0.2) is 0 Å². The van der Waals surface area contributed by atoms with E-state index in [1.807, 2.05) is 69.8 Å². The number of pyridine rings is 1. The van der Waals surface area contributed by atoms with E-state index in [1.165, 1.54) is 31.0 Å². The van der Waals surface area contributed by atoms with Crippen LogP contribution in [-0.4, -0.2) is 18.7 Å². The molecule has 0 radical (unpaired) electrons. The number of hydrogen-bond donors (Lipinski definition) is 0. The van der Waals surface area contributed by atoms with Crippen LogP contribution >= 0.6 is 11.8 Å². The summed E-state index contributed by atoms with van der Waals surface area (Å²) in [5.41, 5.74) is 12.3. The van der Waals surface area contributed by atoms with E-state index in [9.17, 15) is 0 Å². The van der Waals surface area contributed by atoms with E-state index in [4.69, 9.17) is 17.9 Å². The van der Waals surface area contributed by atoms with Gasteiger partial charge in [0.05, 0.1) is 5.41 Å². The van der Waals surface area contributed by atoms with Crippen LogP contribution in [0.3, 0.4) is 0 Å².